The van der Waals surface area contributed by atoms with E-state index in [9.17, 15) is 4.79 Å². The fourth-order valence-corrected chi connectivity index (χ4v) is 3.23. The molecule has 0 unspecified atom stereocenters. The summed E-state index contributed by atoms with van der Waals surface area (Å²) in [4.78, 5) is 22.8. The summed E-state index contributed by atoms with van der Waals surface area (Å²) in [5.41, 5.74) is 1.05. The van der Waals surface area contributed by atoms with E-state index in [-0.39, 0.29) is 5.63 Å². The second-order valence-electron chi connectivity index (χ2n) is 5.87. The van der Waals surface area contributed by atoms with Crippen LogP contribution in [0.25, 0.3) is 21.7 Å². The van der Waals surface area contributed by atoms with Gasteiger partial charge in [0.05, 0.1) is 17.5 Å². The molecule has 122 valence electrons. The van der Waals surface area contributed by atoms with Crippen LogP contribution in [0.15, 0.2) is 64.1 Å². The molecular formula is C19H13N3O3. The number of rotatable bonds is 1. The number of benzene rings is 2. The van der Waals surface area contributed by atoms with Crippen molar-refractivity contribution in [2.45, 2.75) is 6.54 Å². The Balaban J connectivity index is 1.73. The van der Waals surface area contributed by atoms with Gasteiger partial charge in [-0.25, -0.2) is 14.8 Å². The Kier molecular flexibility index (Phi) is 2.97. The van der Waals surface area contributed by atoms with Gasteiger partial charge in [-0.05, 0) is 29.7 Å². The molecule has 2 aromatic heterocycles. The predicted molar refractivity (Wildman–Crippen MR) is 93.7 cm³/mol. The van der Waals surface area contributed by atoms with Gasteiger partial charge in [0.25, 0.3) is 0 Å². The molecule has 0 fully saturated rings. The van der Waals surface area contributed by atoms with E-state index in [4.69, 9.17) is 9.15 Å². The summed E-state index contributed by atoms with van der Waals surface area (Å²) in [7, 11) is 0. The minimum Gasteiger partial charge on any atom is -0.473 e. The van der Waals surface area contributed by atoms with Crippen LogP contribution in [0.3, 0.4) is 0 Å². The topological polar surface area (TPSA) is 68.5 Å². The minimum atomic E-state index is -0.343. The van der Waals surface area contributed by atoms with Crippen LogP contribution in [0.4, 0.5) is 5.95 Å². The molecule has 6 nitrogen and oxygen atoms in total. The molecule has 0 spiro atoms. The molecule has 0 amide bonds. The lowest BCUT2D eigenvalue weighted by atomic mass is 10.0. The average Bonchev–Trinajstić information content (AvgIpc) is 2.68. The van der Waals surface area contributed by atoms with Crippen molar-refractivity contribution in [2.75, 3.05) is 11.6 Å². The lowest BCUT2D eigenvalue weighted by Gasteiger charge is -2.29. The summed E-state index contributed by atoms with van der Waals surface area (Å²) >= 11 is 0. The first-order valence-corrected chi connectivity index (χ1v) is 7.93. The number of ether oxygens (including phenoxy) is 1. The molecule has 4 aromatic rings. The molecule has 0 atom stereocenters. The highest BCUT2D eigenvalue weighted by molar-refractivity contribution is 6.05. The van der Waals surface area contributed by atoms with Gasteiger partial charge >= 0.3 is 5.63 Å². The lowest BCUT2D eigenvalue weighted by molar-refractivity contribution is 0.286. The van der Waals surface area contributed by atoms with Crippen molar-refractivity contribution >= 4 is 27.7 Å². The molecule has 0 aliphatic carbocycles. The summed E-state index contributed by atoms with van der Waals surface area (Å²) in [6.07, 6.45) is 3.38. The highest BCUT2D eigenvalue weighted by Crippen LogP contribution is 2.35. The number of anilines is 1. The molecule has 2 aromatic carbocycles. The first-order valence-electron chi connectivity index (χ1n) is 7.93. The fourth-order valence-electron chi connectivity index (χ4n) is 3.23. The molecule has 0 radical (unpaired) electrons. The van der Waals surface area contributed by atoms with E-state index in [1.165, 1.54) is 0 Å². The maximum absolute atomic E-state index is 12.4. The van der Waals surface area contributed by atoms with Crippen molar-refractivity contribution in [1.29, 1.82) is 0 Å². The summed E-state index contributed by atoms with van der Waals surface area (Å²) in [5, 5.41) is 2.35. The van der Waals surface area contributed by atoms with E-state index >= 15 is 0 Å². The normalized spacial score (nSPS) is 13.7. The van der Waals surface area contributed by atoms with Gasteiger partial charge < -0.3 is 14.1 Å². The second-order valence-corrected chi connectivity index (χ2v) is 5.87. The summed E-state index contributed by atoms with van der Waals surface area (Å²) in [6.45, 7) is 0.859. The van der Waals surface area contributed by atoms with Gasteiger partial charge in [-0.3, -0.25) is 0 Å². The van der Waals surface area contributed by atoms with E-state index in [2.05, 4.69) is 9.97 Å². The van der Waals surface area contributed by atoms with Crippen molar-refractivity contribution in [3.05, 3.63) is 70.8 Å². The quantitative estimate of drug-likeness (QED) is 0.394. The maximum atomic E-state index is 12.4. The highest BCUT2D eigenvalue weighted by Gasteiger charge is 2.23. The molecule has 25 heavy (non-hydrogen) atoms. The molecule has 0 N–H and O–H groups in total. The van der Waals surface area contributed by atoms with Gasteiger partial charge in [0.2, 0.25) is 5.95 Å². The van der Waals surface area contributed by atoms with Crippen molar-refractivity contribution in [2.24, 2.45) is 0 Å². The third-order valence-corrected chi connectivity index (χ3v) is 4.41. The standard InChI is InChI=1S/C19H13N3O3/c23-18-14-5-2-1-4-12(14)13-6-7-16-15(17(13)25-18)10-22(11-24-16)19-20-8-3-9-21-19/h1-9H,10-11H2. The van der Waals surface area contributed by atoms with E-state index in [0.717, 1.165) is 22.1 Å². The lowest BCUT2D eigenvalue weighted by Crippen LogP contribution is -2.33. The SMILES string of the molecule is O=c1oc2c3c(ccc2c2ccccc12)OCN(c1ncccn1)C3. The molecule has 3 heterocycles. The Hall–Kier alpha value is -3.41. The van der Waals surface area contributed by atoms with Gasteiger partial charge in [-0.1, -0.05) is 18.2 Å². The van der Waals surface area contributed by atoms with Crippen LogP contribution in [0, 0.1) is 0 Å². The van der Waals surface area contributed by atoms with Crippen molar-refractivity contribution in [3.63, 3.8) is 0 Å². The van der Waals surface area contributed by atoms with Crippen LogP contribution in [0.1, 0.15) is 5.56 Å². The van der Waals surface area contributed by atoms with E-state index < -0.39 is 0 Å². The molecule has 0 bridgehead atoms. The number of nitrogens with zero attached hydrogens (tertiary/aromatic N) is 3. The smallest absolute Gasteiger partial charge is 0.344 e. The summed E-state index contributed by atoms with van der Waals surface area (Å²) in [6, 6.07) is 13.1. The molecule has 5 rings (SSSR count). The average molecular weight is 331 g/mol. The predicted octanol–water partition coefficient (Wildman–Crippen LogP) is 3.09. The number of hydrogen-bond acceptors (Lipinski definition) is 6. The Morgan fingerprint density at radius 3 is 2.56 bits per heavy atom. The maximum Gasteiger partial charge on any atom is 0.344 e. The molecular weight excluding hydrogens is 318 g/mol. The van der Waals surface area contributed by atoms with Gasteiger partial charge in [0.1, 0.15) is 11.3 Å². The number of fused-ring (bicyclic) bond motifs is 5. The Bertz CT molecular complexity index is 1160. The number of aromatic nitrogens is 2. The first kappa shape index (κ1) is 14.0. The van der Waals surface area contributed by atoms with E-state index in [1.54, 1.807) is 24.5 Å². The third kappa shape index (κ3) is 2.15. The van der Waals surface area contributed by atoms with Crippen LogP contribution in [0.5, 0.6) is 5.75 Å². The van der Waals surface area contributed by atoms with Crippen LogP contribution < -0.4 is 15.3 Å². The van der Waals surface area contributed by atoms with Crippen LogP contribution in [0.2, 0.25) is 0 Å². The first-order chi connectivity index (χ1) is 12.3. The zero-order valence-corrected chi connectivity index (χ0v) is 13.2. The molecule has 6 heteroatoms. The largest absolute Gasteiger partial charge is 0.473 e. The Labute approximate surface area is 142 Å². The van der Waals surface area contributed by atoms with Crippen molar-refractivity contribution < 1.29 is 9.15 Å². The molecule has 1 aliphatic rings. The van der Waals surface area contributed by atoms with Crippen molar-refractivity contribution in [1.82, 2.24) is 9.97 Å². The zero-order chi connectivity index (χ0) is 16.8. The minimum absolute atomic E-state index is 0.343. The van der Waals surface area contributed by atoms with E-state index in [1.807, 2.05) is 35.2 Å². The highest BCUT2D eigenvalue weighted by atomic mass is 16.5. The fraction of sp³-hybridized carbons (Fsp3) is 0.105. The van der Waals surface area contributed by atoms with Gasteiger partial charge in [-0.15, -0.1) is 0 Å². The van der Waals surface area contributed by atoms with Gasteiger partial charge in [-0.2, -0.15) is 0 Å². The zero-order valence-electron chi connectivity index (χ0n) is 13.2. The van der Waals surface area contributed by atoms with Crippen LogP contribution in [-0.2, 0) is 6.54 Å². The molecule has 0 saturated carbocycles. The summed E-state index contributed by atoms with van der Waals surface area (Å²) in [5.74, 6) is 1.30. The molecule has 1 aliphatic heterocycles. The Morgan fingerprint density at radius 2 is 1.72 bits per heavy atom. The third-order valence-electron chi connectivity index (χ3n) is 4.41. The van der Waals surface area contributed by atoms with Crippen LogP contribution >= 0.6 is 0 Å². The summed E-state index contributed by atoms with van der Waals surface area (Å²) < 4.78 is 11.5. The van der Waals surface area contributed by atoms with Crippen LogP contribution in [-0.4, -0.2) is 16.7 Å². The second kappa shape index (κ2) is 5.31. The van der Waals surface area contributed by atoms with Gasteiger partial charge in [0.15, 0.2) is 6.73 Å². The Morgan fingerprint density at radius 1 is 0.920 bits per heavy atom. The monoisotopic (exact) mass is 331 g/mol. The van der Waals surface area contributed by atoms with Crippen molar-refractivity contribution in [3.8, 4) is 5.75 Å². The molecule has 0 saturated heterocycles. The number of hydrogen-bond donors (Lipinski definition) is 0. The van der Waals surface area contributed by atoms with E-state index in [0.29, 0.717) is 30.2 Å². The van der Waals surface area contributed by atoms with Gasteiger partial charge in [0, 0.05) is 17.8 Å².